The van der Waals surface area contributed by atoms with Crippen molar-refractivity contribution >= 4 is 33.3 Å². The Balaban J connectivity index is 1.62. The van der Waals surface area contributed by atoms with Gasteiger partial charge in [0.25, 0.3) is 5.91 Å². The maximum Gasteiger partial charge on any atom is 0.306 e. The van der Waals surface area contributed by atoms with E-state index < -0.39 is 5.97 Å². The van der Waals surface area contributed by atoms with Crippen molar-refractivity contribution in [3.63, 3.8) is 0 Å². The molecule has 5 heteroatoms. The Kier molecular flexibility index (Phi) is 3.92. The lowest BCUT2D eigenvalue weighted by Gasteiger charge is -2.26. The van der Waals surface area contributed by atoms with Crippen LogP contribution in [0.1, 0.15) is 36.0 Å². The molecule has 1 aromatic carbocycles. The minimum atomic E-state index is -0.720. The second-order valence-corrected chi connectivity index (χ2v) is 6.48. The summed E-state index contributed by atoms with van der Waals surface area (Å²) < 4.78 is 1.17. The molecular weight excluding hydrogens is 286 g/mol. The highest BCUT2D eigenvalue weighted by Crippen LogP contribution is 2.25. The van der Waals surface area contributed by atoms with Gasteiger partial charge in [-0.05, 0) is 60.7 Å². The van der Waals surface area contributed by atoms with Crippen molar-refractivity contribution in [2.45, 2.75) is 31.7 Å². The minimum Gasteiger partial charge on any atom is -0.481 e. The van der Waals surface area contributed by atoms with E-state index in [1.165, 1.54) is 4.70 Å². The fourth-order valence-electron chi connectivity index (χ4n) is 2.86. The van der Waals surface area contributed by atoms with E-state index >= 15 is 0 Å². The average molecular weight is 303 g/mol. The van der Waals surface area contributed by atoms with Crippen molar-refractivity contribution in [1.82, 2.24) is 5.32 Å². The van der Waals surface area contributed by atoms with Gasteiger partial charge in [-0.15, -0.1) is 11.3 Å². The molecule has 1 aliphatic carbocycles. The molecule has 1 aromatic heterocycles. The van der Waals surface area contributed by atoms with Crippen LogP contribution in [-0.4, -0.2) is 23.0 Å². The lowest BCUT2D eigenvalue weighted by molar-refractivity contribution is -0.142. The third kappa shape index (κ3) is 3.08. The first-order valence-electron chi connectivity index (χ1n) is 7.14. The first-order valence-corrected chi connectivity index (χ1v) is 8.02. The zero-order valence-corrected chi connectivity index (χ0v) is 12.4. The van der Waals surface area contributed by atoms with Crippen LogP contribution in [0.3, 0.4) is 0 Å². The summed E-state index contributed by atoms with van der Waals surface area (Å²) in [5.41, 5.74) is 0.668. The van der Waals surface area contributed by atoms with Crippen molar-refractivity contribution in [2.75, 3.05) is 0 Å². The van der Waals surface area contributed by atoms with Crippen molar-refractivity contribution in [1.29, 1.82) is 0 Å². The van der Waals surface area contributed by atoms with Crippen molar-refractivity contribution in [3.05, 3.63) is 35.2 Å². The van der Waals surface area contributed by atoms with Crippen LogP contribution < -0.4 is 5.32 Å². The highest BCUT2D eigenvalue weighted by molar-refractivity contribution is 7.17. The SMILES string of the molecule is O=C(NC1CCC(C(=O)O)CC1)c1ccc2sccc2c1. The average Bonchev–Trinajstić information content (AvgIpc) is 2.95. The number of fused-ring (bicyclic) bond motifs is 1. The van der Waals surface area contributed by atoms with Crippen LogP contribution >= 0.6 is 11.3 Å². The van der Waals surface area contributed by atoms with Gasteiger partial charge in [0.2, 0.25) is 0 Å². The molecule has 1 fully saturated rings. The monoisotopic (exact) mass is 303 g/mol. The molecule has 0 bridgehead atoms. The Bertz CT molecular complexity index is 671. The molecule has 110 valence electrons. The number of hydrogen-bond acceptors (Lipinski definition) is 3. The Hall–Kier alpha value is -1.88. The number of carbonyl (C=O) groups is 2. The van der Waals surface area contributed by atoms with Crippen molar-refractivity contribution < 1.29 is 14.7 Å². The Labute approximate surface area is 126 Å². The largest absolute Gasteiger partial charge is 0.481 e. The standard InChI is InChI=1S/C16H17NO3S/c18-15(12-3-6-14-11(9-12)7-8-21-14)17-13-4-1-10(2-5-13)16(19)20/h3,6-10,13H,1-2,4-5H2,(H,17,18)(H,19,20). The van der Waals surface area contributed by atoms with Gasteiger partial charge in [0.15, 0.2) is 0 Å². The van der Waals surface area contributed by atoms with Crippen molar-refractivity contribution in [3.8, 4) is 0 Å². The maximum absolute atomic E-state index is 12.3. The molecule has 4 nitrogen and oxygen atoms in total. The molecule has 0 saturated heterocycles. The summed E-state index contributed by atoms with van der Waals surface area (Å²) in [5, 5.41) is 15.1. The van der Waals surface area contributed by atoms with Crippen LogP contribution in [0.4, 0.5) is 0 Å². The van der Waals surface area contributed by atoms with Crippen LogP contribution in [-0.2, 0) is 4.79 Å². The van der Waals surface area contributed by atoms with E-state index in [1.807, 2.05) is 29.6 Å². The molecule has 0 unspecified atom stereocenters. The predicted octanol–water partition coefficient (Wildman–Crippen LogP) is 3.27. The lowest BCUT2D eigenvalue weighted by atomic mass is 9.86. The van der Waals surface area contributed by atoms with Crippen LogP contribution in [0, 0.1) is 5.92 Å². The summed E-state index contributed by atoms with van der Waals surface area (Å²) in [5.74, 6) is -1.04. The van der Waals surface area contributed by atoms with E-state index in [9.17, 15) is 9.59 Å². The van der Waals surface area contributed by atoms with Crippen LogP contribution in [0.25, 0.3) is 10.1 Å². The summed E-state index contributed by atoms with van der Waals surface area (Å²) >= 11 is 1.66. The third-order valence-corrected chi connectivity index (χ3v) is 5.02. The van der Waals surface area contributed by atoms with Gasteiger partial charge in [-0.3, -0.25) is 9.59 Å². The smallest absolute Gasteiger partial charge is 0.306 e. The molecule has 1 aliphatic rings. The molecule has 0 radical (unpaired) electrons. The third-order valence-electron chi connectivity index (χ3n) is 4.13. The fourth-order valence-corrected chi connectivity index (χ4v) is 3.63. The van der Waals surface area contributed by atoms with Gasteiger partial charge < -0.3 is 10.4 Å². The number of amides is 1. The Morgan fingerprint density at radius 2 is 1.90 bits per heavy atom. The van der Waals surface area contributed by atoms with Gasteiger partial charge in [-0.2, -0.15) is 0 Å². The van der Waals surface area contributed by atoms with Gasteiger partial charge in [0.05, 0.1) is 5.92 Å². The zero-order valence-electron chi connectivity index (χ0n) is 11.5. The molecule has 3 rings (SSSR count). The quantitative estimate of drug-likeness (QED) is 0.914. The number of carboxylic acid groups (broad SMARTS) is 1. The summed E-state index contributed by atoms with van der Waals surface area (Å²) in [7, 11) is 0. The number of carbonyl (C=O) groups excluding carboxylic acids is 1. The van der Waals surface area contributed by atoms with E-state index in [-0.39, 0.29) is 17.9 Å². The lowest BCUT2D eigenvalue weighted by Crippen LogP contribution is -2.38. The van der Waals surface area contributed by atoms with Gasteiger partial charge in [-0.25, -0.2) is 0 Å². The fraction of sp³-hybridized carbons (Fsp3) is 0.375. The molecule has 2 N–H and O–H groups in total. The van der Waals surface area contributed by atoms with Gasteiger partial charge in [-0.1, -0.05) is 0 Å². The number of rotatable bonds is 3. The number of hydrogen-bond donors (Lipinski definition) is 2. The van der Waals surface area contributed by atoms with E-state index in [1.54, 1.807) is 11.3 Å². The molecule has 1 heterocycles. The molecule has 2 aromatic rings. The second-order valence-electron chi connectivity index (χ2n) is 5.53. The van der Waals surface area contributed by atoms with E-state index in [0.29, 0.717) is 18.4 Å². The number of nitrogens with one attached hydrogen (secondary N) is 1. The molecule has 0 spiro atoms. The van der Waals surface area contributed by atoms with E-state index in [0.717, 1.165) is 18.2 Å². The number of benzene rings is 1. The highest BCUT2D eigenvalue weighted by Gasteiger charge is 2.26. The summed E-state index contributed by atoms with van der Waals surface area (Å²) in [6.07, 6.45) is 2.76. The number of aliphatic carboxylic acids is 1. The Morgan fingerprint density at radius 3 is 2.62 bits per heavy atom. The molecule has 0 atom stereocenters. The predicted molar refractivity (Wildman–Crippen MR) is 82.7 cm³/mol. The van der Waals surface area contributed by atoms with Crippen molar-refractivity contribution in [2.24, 2.45) is 5.92 Å². The first-order chi connectivity index (χ1) is 10.1. The van der Waals surface area contributed by atoms with Gasteiger partial charge in [0.1, 0.15) is 0 Å². The topological polar surface area (TPSA) is 66.4 Å². The molecule has 1 amide bonds. The number of carboxylic acids is 1. The highest BCUT2D eigenvalue weighted by atomic mass is 32.1. The summed E-state index contributed by atoms with van der Waals surface area (Å²) in [6, 6.07) is 7.82. The molecule has 0 aliphatic heterocycles. The molecule has 21 heavy (non-hydrogen) atoms. The first kappa shape index (κ1) is 14.1. The van der Waals surface area contributed by atoms with Gasteiger partial charge >= 0.3 is 5.97 Å². The molecule has 1 saturated carbocycles. The summed E-state index contributed by atoms with van der Waals surface area (Å²) in [4.78, 5) is 23.2. The van der Waals surface area contributed by atoms with Crippen LogP contribution in [0.2, 0.25) is 0 Å². The number of thiophene rings is 1. The van der Waals surface area contributed by atoms with Crippen LogP contribution in [0.15, 0.2) is 29.6 Å². The molecular formula is C16H17NO3S. The van der Waals surface area contributed by atoms with Crippen LogP contribution in [0.5, 0.6) is 0 Å². The maximum atomic E-state index is 12.3. The zero-order chi connectivity index (χ0) is 14.8. The van der Waals surface area contributed by atoms with E-state index in [4.69, 9.17) is 5.11 Å². The normalized spacial score (nSPS) is 22.1. The van der Waals surface area contributed by atoms with Gasteiger partial charge in [0, 0.05) is 16.3 Å². The minimum absolute atomic E-state index is 0.0677. The Morgan fingerprint density at radius 1 is 1.14 bits per heavy atom. The summed E-state index contributed by atoms with van der Waals surface area (Å²) in [6.45, 7) is 0. The second kappa shape index (κ2) is 5.85. The van der Waals surface area contributed by atoms with E-state index in [2.05, 4.69) is 5.32 Å².